The van der Waals surface area contributed by atoms with Crippen molar-refractivity contribution in [2.45, 2.75) is 19.4 Å². The standard InChI is InChI=1S/C27H25FN2O3/c1-32-26-17-21(12-13-25(26)33-19-22-9-5-11-24(28)16-22)15-23(18-29)27(31)30-14-6-10-20-7-3-2-4-8-20/h2-5,7-9,11-13,15-17H,6,10,14,19H2,1H3,(H,30,31)/b23-15-. The highest BCUT2D eigenvalue weighted by Crippen LogP contribution is 2.29. The predicted octanol–water partition coefficient (Wildman–Crippen LogP) is 5.07. The molecule has 0 aliphatic carbocycles. The van der Waals surface area contributed by atoms with E-state index in [-0.39, 0.29) is 18.0 Å². The van der Waals surface area contributed by atoms with Crippen LogP contribution in [-0.4, -0.2) is 19.6 Å². The second-order valence-electron chi connectivity index (χ2n) is 7.34. The van der Waals surface area contributed by atoms with Crippen LogP contribution in [0.25, 0.3) is 6.08 Å². The fourth-order valence-electron chi connectivity index (χ4n) is 3.23. The molecule has 1 N–H and O–H groups in total. The Bertz CT molecular complexity index is 1150. The number of methoxy groups -OCH3 is 1. The summed E-state index contributed by atoms with van der Waals surface area (Å²) in [6, 6.07) is 23.2. The van der Waals surface area contributed by atoms with Crippen LogP contribution in [0.2, 0.25) is 0 Å². The van der Waals surface area contributed by atoms with Crippen LogP contribution in [0.1, 0.15) is 23.1 Å². The number of halogens is 1. The van der Waals surface area contributed by atoms with Crippen LogP contribution in [0.4, 0.5) is 4.39 Å². The topological polar surface area (TPSA) is 71.3 Å². The average Bonchev–Trinajstić information content (AvgIpc) is 2.84. The van der Waals surface area contributed by atoms with Crippen molar-refractivity contribution in [3.05, 3.63) is 101 Å². The number of ether oxygens (including phenoxy) is 2. The summed E-state index contributed by atoms with van der Waals surface area (Å²) < 4.78 is 24.5. The van der Waals surface area contributed by atoms with Crippen LogP contribution in [0.5, 0.6) is 11.5 Å². The predicted molar refractivity (Wildman–Crippen MR) is 125 cm³/mol. The second-order valence-corrected chi connectivity index (χ2v) is 7.34. The van der Waals surface area contributed by atoms with Crippen molar-refractivity contribution in [2.75, 3.05) is 13.7 Å². The maximum absolute atomic E-state index is 13.3. The Morgan fingerprint density at radius 3 is 2.55 bits per heavy atom. The number of nitrogens with one attached hydrogen (secondary N) is 1. The van der Waals surface area contributed by atoms with E-state index in [0.717, 1.165) is 12.8 Å². The second kappa shape index (κ2) is 12.1. The van der Waals surface area contributed by atoms with Gasteiger partial charge in [-0.25, -0.2) is 4.39 Å². The summed E-state index contributed by atoms with van der Waals surface area (Å²) in [7, 11) is 1.50. The molecular weight excluding hydrogens is 419 g/mol. The monoisotopic (exact) mass is 444 g/mol. The molecule has 0 unspecified atom stereocenters. The molecule has 3 rings (SSSR count). The molecule has 0 aliphatic heterocycles. The highest BCUT2D eigenvalue weighted by atomic mass is 19.1. The SMILES string of the molecule is COc1cc(/C=C(/C#N)C(=O)NCCCc2ccccc2)ccc1OCc1cccc(F)c1. The minimum absolute atomic E-state index is 0.00481. The van der Waals surface area contributed by atoms with E-state index in [9.17, 15) is 14.4 Å². The molecule has 0 aliphatic rings. The average molecular weight is 445 g/mol. The number of nitriles is 1. The first-order valence-electron chi connectivity index (χ1n) is 10.6. The van der Waals surface area contributed by atoms with Crippen molar-refractivity contribution in [2.24, 2.45) is 0 Å². The lowest BCUT2D eigenvalue weighted by atomic mass is 10.1. The quantitative estimate of drug-likeness (QED) is 0.269. The van der Waals surface area contributed by atoms with Crippen molar-refractivity contribution in [3.63, 3.8) is 0 Å². The molecular formula is C27H25FN2O3. The van der Waals surface area contributed by atoms with Gasteiger partial charge in [0, 0.05) is 6.54 Å². The molecule has 0 fully saturated rings. The Morgan fingerprint density at radius 2 is 1.82 bits per heavy atom. The van der Waals surface area contributed by atoms with Gasteiger partial charge in [0.05, 0.1) is 7.11 Å². The van der Waals surface area contributed by atoms with E-state index in [1.54, 1.807) is 30.3 Å². The van der Waals surface area contributed by atoms with Crippen LogP contribution < -0.4 is 14.8 Å². The molecule has 33 heavy (non-hydrogen) atoms. The van der Waals surface area contributed by atoms with Gasteiger partial charge in [-0.05, 0) is 59.9 Å². The number of aryl methyl sites for hydroxylation is 1. The van der Waals surface area contributed by atoms with E-state index in [4.69, 9.17) is 9.47 Å². The lowest BCUT2D eigenvalue weighted by Crippen LogP contribution is -2.25. The van der Waals surface area contributed by atoms with Crippen molar-refractivity contribution in [3.8, 4) is 17.6 Å². The molecule has 0 saturated heterocycles. The van der Waals surface area contributed by atoms with Crippen LogP contribution in [0.15, 0.2) is 78.4 Å². The third-order valence-corrected chi connectivity index (χ3v) is 4.92. The number of amides is 1. The molecule has 3 aromatic carbocycles. The smallest absolute Gasteiger partial charge is 0.261 e. The first-order chi connectivity index (χ1) is 16.1. The van der Waals surface area contributed by atoms with Gasteiger partial charge in [0.15, 0.2) is 11.5 Å². The minimum Gasteiger partial charge on any atom is -0.493 e. The minimum atomic E-state index is -0.420. The van der Waals surface area contributed by atoms with E-state index in [1.807, 2.05) is 36.4 Å². The Balaban J connectivity index is 1.59. The lowest BCUT2D eigenvalue weighted by Gasteiger charge is -2.12. The summed E-state index contributed by atoms with van der Waals surface area (Å²) in [5.41, 5.74) is 2.53. The molecule has 0 saturated carbocycles. The number of rotatable bonds is 10. The summed E-state index contributed by atoms with van der Waals surface area (Å²) in [5, 5.41) is 12.2. The number of benzene rings is 3. The number of nitrogens with zero attached hydrogens (tertiary/aromatic N) is 1. The van der Waals surface area contributed by atoms with Gasteiger partial charge in [0.1, 0.15) is 24.1 Å². The highest BCUT2D eigenvalue weighted by molar-refractivity contribution is 6.01. The van der Waals surface area contributed by atoms with Crippen molar-refractivity contribution in [1.29, 1.82) is 5.26 Å². The molecule has 0 atom stereocenters. The van der Waals surface area contributed by atoms with E-state index >= 15 is 0 Å². The van der Waals surface area contributed by atoms with Gasteiger partial charge in [-0.3, -0.25) is 4.79 Å². The summed E-state index contributed by atoms with van der Waals surface area (Å²) in [6.45, 7) is 0.654. The molecule has 5 nitrogen and oxygen atoms in total. The summed E-state index contributed by atoms with van der Waals surface area (Å²) in [5.74, 6) is 0.172. The third kappa shape index (κ3) is 7.22. The maximum Gasteiger partial charge on any atom is 0.261 e. The number of hydrogen-bond donors (Lipinski definition) is 1. The van der Waals surface area contributed by atoms with Gasteiger partial charge in [-0.1, -0.05) is 48.5 Å². The van der Waals surface area contributed by atoms with Gasteiger partial charge in [-0.2, -0.15) is 5.26 Å². The number of hydrogen-bond acceptors (Lipinski definition) is 4. The molecule has 168 valence electrons. The summed E-state index contributed by atoms with van der Waals surface area (Å²) in [6.07, 6.45) is 3.13. The van der Waals surface area contributed by atoms with Gasteiger partial charge in [0.2, 0.25) is 0 Å². The maximum atomic E-state index is 13.3. The zero-order chi connectivity index (χ0) is 23.5. The van der Waals surface area contributed by atoms with Gasteiger partial charge >= 0.3 is 0 Å². The molecule has 1 amide bonds. The van der Waals surface area contributed by atoms with Gasteiger partial charge in [-0.15, -0.1) is 0 Å². The Morgan fingerprint density at radius 1 is 1.03 bits per heavy atom. The van der Waals surface area contributed by atoms with E-state index < -0.39 is 5.91 Å². The molecule has 0 radical (unpaired) electrons. The zero-order valence-corrected chi connectivity index (χ0v) is 18.4. The Labute approximate surface area is 193 Å². The van der Waals surface area contributed by atoms with Crippen LogP contribution in [0.3, 0.4) is 0 Å². The Hall–Kier alpha value is -4.11. The van der Waals surface area contributed by atoms with Crippen molar-refractivity contribution in [1.82, 2.24) is 5.32 Å². The molecule has 0 spiro atoms. The fraction of sp³-hybridized carbons (Fsp3) is 0.185. The zero-order valence-electron chi connectivity index (χ0n) is 18.4. The van der Waals surface area contributed by atoms with Gasteiger partial charge in [0.25, 0.3) is 5.91 Å². The molecule has 0 aromatic heterocycles. The molecule has 6 heteroatoms. The largest absolute Gasteiger partial charge is 0.493 e. The Kier molecular flexibility index (Phi) is 8.61. The van der Waals surface area contributed by atoms with Crippen molar-refractivity contribution < 1.29 is 18.7 Å². The first kappa shape index (κ1) is 23.6. The van der Waals surface area contributed by atoms with E-state index in [0.29, 0.717) is 29.2 Å². The van der Waals surface area contributed by atoms with Crippen LogP contribution in [-0.2, 0) is 17.8 Å². The molecule has 0 heterocycles. The molecule has 3 aromatic rings. The number of carbonyl (C=O) groups excluding carboxylic acids is 1. The first-order valence-corrected chi connectivity index (χ1v) is 10.6. The van der Waals surface area contributed by atoms with Crippen LogP contribution >= 0.6 is 0 Å². The van der Waals surface area contributed by atoms with E-state index in [2.05, 4.69) is 5.32 Å². The summed E-state index contributed by atoms with van der Waals surface area (Å²) >= 11 is 0. The molecule has 0 bridgehead atoms. The fourth-order valence-corrected chi connectivity index (χ4v) is 3.23. The normalized spacial score (nSPS) is 10.9. The lowest BCUT2D eigenvalue weighted by molar-refractivity contribution is -0.117. The van der Waals surface area contributed by atoms with Crippen LogP contribution in [0, 0.1) is 17.1 Å². The van der Waals surface area contributed by atoms with E-state index in [1.165, 1.54) is 30.9 Å². The van der Waals surface area contributed by atoms with Gasteiger partial charge < -0.3 is 14.8 Å². The number of carbonyl (C=O) groups is 1. The highest BCUT2D eigenvalue weighted by Gasteiger charge is 2.11. The summed E-state index contributed by atoms with van der Waals surface area (Å²) in [4.78, 5) is 12.4. The third-order valence-electron chi connectivity index (χ3n) is 4.92. The van der Waals surface area contributed by atoms with Crippen molar-refractivity contribution >= 4 is 12.0 Å².